The van der Waals surface area contributed by atoms with Crippen molar-refractivity contribution in [2.75, 3.05) is 20.3 Å². The molecule has 0 saturated heterocycles. The third-order valence-electron chi connectivity index (χ3n) is 2.73. The lowest BCUT2D eigenvalue weighted by atomic mass is 9.66. The average Bonchev–Trinajstić information content (AvgIpc) is 2.04. The Bertz CT molecular complexity index is 145. The smallest absolute Gasteiger partial charge is 0.0704 e. The second kappa shape index (κ2) is 3.73. The van der Waals surface area contributed by atoms with Gasteiger partial charge in [-0.25, -0.2) is 0 Å². The Morgan fingerprint density at radius 3 is 2.50 bits per heavy atom. The standard InChI is InChI=1S/C9H18O3/c1-9(2)7(10)6-8(9)12-5-4-11-3/h7-8,10H,4-6H2,1-3H3. The fourth-order valence-electron chi connectivity index (χ4n) is 1.42. The summed E-state index contributed by atoms with van der Waals surface area (Å²) in [6, 6.07) is 0. The molecule has 1 rings (SSSR count). The van der Waals surface area contributed by atoms with Crippen molar-refractivity contribution in [2.24, 2.45) is 5.41 Å². The molecule has 0 aromatic rings. The summed E-state index contributed by atoms with van der Waals surface area (Å²) < 4.78 is 10.4. The van der Waals surface area contributed by atoms with E-state index in [1.807, 2.05) is 13.8 Å². The van der Waals surface area contributed by atoms with Crippen LogP contribution in [0.25, 0.3) is 0 Å². The van der Waals surface area contributed by atoms with Crippen molar-refractivity contribution in [3.8, 4) is 0 Å². The predicted octanol–water partition coefficient (Wildman–Crippen LogP) is 0.809. The molecule has 3 heteroatoms. The van der Waals surface area contributed by atoms with Crippen LogP contribution in [0.5, 0.6) is 0 Å². The zero-order valence-electron chi connectivity index (χ0n) is 8.04. The monoisotopic (exact) mass is 174 g/mol. The highest BCUT2D eigenvalue weighted by atomic mass is 16.5. The lowest BCUT2D eigenvalue weighted by molar-refractivity contribution is -0.178. The molecular formula is C9H18O3. The van der Waals surface area contributed by atoms with Gasteiger partial charge in [0.25, 0.3) is 0 Å². The Hall–Kier alpha value is -0.120. The molecule has 0 aromatic carbocycles. The highest BCUT2D eigenvalue weighted by Crippen LogP contribution is 2.42. The van der Waals surface area contributed by atoms with Gasteiger partial charge in [-0.3, -0.25) is 0 Å². The second-order valence-electron chi connectivity index (χ2n) is 3.93. The van der Waals surface area contributed by atoms with Crippen molar-refractivity contribution in [3.05, 3.63) is 0 Å². The first-order valence-electron chi connectivity index (χ1n) is 4.37. The van der Waals surface area contributed by atoms with Crippen LogP contribution in [0.15, 0.2) is 0 Å². The summed E-state index contributed by atoms with van der Waals surface area (Å²) in [6.07, 6.45) is 0.754. The van der Waals surface area contributed by atoms with E-state index in [2.05, 4.69) is 0 Å². The molecule has 1 aliphatic rings. The van der Waals surface area contributed by atoms with E-state index in [0.717, 1.165) is 6.42 Å². The summed E-state index contributed by atoms with van der Waals surface area (Å²) >= 11 is 0. The van der Waals surface area contributed by atoms with E-state index < -0.39 is 0 Å². The summed E-state index contributed by atoms with van der Waals surface area (Å²) in [4.78, 5) is 0. The van der Waals surface area contributed by atoms with E-state index in [4.69, 9.17) is 9.47 Å². The lowest BCUT2D eigenvalue weighted by Crippen LogP contribution is -2.54. The van der Waals surface area contributed by atoms with Gasteiger partial charge in [-0.15, -0.1) is 0 Å². The number of aliphatic hydroxyl groups is 1. The maximum absolute atomic E-state index is 9.39. The van der Waals surface area contributed by atoms with Crippen molar-refractivity contribution < 1.29 is 14.6 Å². The van der Waals surface area contributed by atoms with Crippen LogP contribution < -0.4 is 0 Å². The van der Waals surface area contributed by atoms with E-state index in [-0.39, 0.29) is 17.6 Å². The van der Waals surface area contributed by atoms with Crippen molar-refractivity contribution in [2.45, 2.75) is 32.5 Å². The molecule has 1 saturated carbocycles. The quantitative estimate of drug-likeness (QED) is 0.641. The summed E-state index contributed by atoms with van der Waals surface area (Å²) in [5.41, 5.74) is -0.0757. The fourth-order valence-corrected chi connectivity index (χ4v) is 1.42. The van der Waals surface area contributed by atoms with Crippen LogP contribution in [0.1, 0.15) is 20.3 Å². The fraction of sp³-hybridized carbons (Fsp3) is 1.00. The largest absolute Gasteiger partial charge is 0.392 e. The molecule has 0 aromatic heterocycles. The van der Waals surface area contributed by atoms with E-state index in [1.165, 1.54) is 0 Å². The number of ether oxygens (including phenoxy) is 2. The third-order valence-corrected chi connectivity index (χ3v) is 2.73. The van der Waals surface area contributed by atoms with Gasteiger partial charge in [0.1, 0.15) is 0 Å². The molecule has 0 amide bonds. The van der Waals surface area contributed by atoms with Gasteiger partial charge in [0, 0.05) is 18.9 Å². The highest BCUT2D eigenvalue weighted by molar-refractivity contribution is 4.98. The molecule has 72 valence electrons. The van der Waals surface area contributed by atoms with Crippen LogP contribution in [-0.4, -0.2) is 37.6 Å². The molecule has 0 radical (unpaired) electrons. The second-order valence-corrected chi connectivity index (χ2v) is 3.93. The van der Waals surface area contributed by atoms with Gasteiger partial charge in [0.15, 0.2) is 0 Å². The molecule has 0 bridgehead atoms. The average molecular weight is 174 g/mol. The van der Waals surface area contributed by atoms with Crippen LogP contribution in [0, 0.1) is 5.41 Å². The van der Waals surface area contributed by atoms with E-state index in [1.54, 1.807) is 7.11 Å². The first-order chi connectivity index (χ1) is 5.59. The Labute approximate surface area is 73.7 Å². The number of rotatable bonds is 4. The van der Waals surface area contributed by atoms with Gasteiger partial charge in [-0.2, -0.15) is 0 Å². The predicted molar refractivity (Wildman–Crippen MR) is 46.0 cm³/mol. The van der Waals surface area contributed by atoms with Crippen molar-refractivity contribution >= 4 is 0 Å². The first-order valence-corrected chi connectivity index (χ1v) is 4.37. The molecule has 0 spiro atoms. The Balaban J connectivity index is 2.19. The lowest BCUT2D eigenvalue weighted by Gasteiger charge is -2.48. The SMILES string of the molecule is COCCOC1CC(O)C1(C)C. The molecule has 2 unspecified atom stereocenters. The summed E-state index contributed by atoms with van der Waals surface area (Å²) in [7, 11) is 1.66. The maximum Gasteiger partial charge on any atom is 0.0704 e. The van der Waals surface area contributed by atoms with Crippen molar-refractivity contribution in [1.82, 2.24) is 0 Å². The maximum atomic E-state index is 9.39. The van der Waals surface area contributed by atoms with E-state index >= 15 is 0 Å². The molecule has 12 heavy (non-hydrogen) atoms. The Morgan fingerprint density at radius 2 is 2.08 bits per heavy atom. The molecule has 1 fully saturated rings. The van der Waals surface area contributed by atoms with Crippen LogP contribution in [-0.2, 0) is 9.47 Å². The van der Waals surface area contributed by atoms with Gasteiger partial charge in [-0.05, 0) is 0 Å². The minimum Gasteiger partial charge on any atom is -0.392 e. The van der Waals surface area contributed by atoms with Gasteiger partial charge in [0.2, 0.25) is 0 Å². The highest BCUT2D eigenvalue weighted by Gasteiger charge is 2.47. The minimum absolute atomic E-state index is 0.0757. The van der Waals surface area contributed by atoms with Gasteiger partial charge >= 0.3 is 0 Å². The zero-order valence-corrected chi connectivity index (χ0v) is 8.04. The van der Waals surface area contributed by atoms with E-state index in [0.29, 0.717) is 13.2 Å². The summed E-state index contributed by atoms with van der Waals surface area (Å²) in [5, 5.41) is 9.39. The van der Waals surface area contributed by atoms with E-state index in [9.17, 15) is 5.11 Å². The number of aliphatic hydroxyl groups excluding tert-OH is 1. The number of hydrogen-bond acceptors (Lipinski definition) is 3. The normalized spacial score (nSPS) is 33.0. The van der Waals surface area contributed by atoms with Crippen LogP contribution in [0.3, 0.4) is 0 Å². The topological polar surface area (TPSA) is 38.7 Å². The molecular weight excluding hydrogens is 156 g/mol. The summed E-state index contributed by atoms with van der Waals surface area (Å²) in [5.74, 6) is 0. The first kappa shape index (κ1) is 9.96. The molecule has 0 aliphatic heterocycles. The zero-order chi connectivity index (χ0) is 9.19. The Morgan fingerprint density at radius 1 is 1.42 bits per heavy atom. The third kappa shape index (κ3) is 1.79. The van der Waals surface area contributed by atoms with Gasteiger partial charge in [0.05, 0.1) is 25.4 Å². The van der Waals surface area contributed by atoms with Crippen molar-refractivity contribution in [3.63, 3.8) is 0 Å². The molecule has 1 N–H and O–H groups in total. The van der Waals surface area contributed by atoms with Crippen LogP contribution >= 0.6 is 0 Å². The van der Waals surface area contributed by atoms with Crippen LogP contribution in [0.4, 0.5) is 0 Å². The minimum atomic E-state index is -0.204. The Kier molecular flexibility index (Phi) is 3.09. The number of hydrogen-bond donors (Lipinski definition) is 1. The summed E-state index contributed by atoms with van der Waals surface area (Å²) in [6.45, 7) is 5.30. The van der Waals surface area contributed by atoms with Crippen LogP contribution in [0.2, 0.25) is 0 Å². The van der Waals surface area contributed by atoms with Gasteiger partial charge < -0.3 is 14.6 Å². The molecule has 2 atom stereocenters. The molecule has 1 aliphatic carbocycles. The molecule has 0 heterocycles. The van der Waals surface area contributed by atoms with Gasteiger partial charge in [-0.1, -0.05) is 13.8 Å². The molecule has 3 nitrogen and oxygen atoms in total. The van der Waals surface area contributed by atoms with Crippen molar-refractivity contribution in [1.29, 1.82) is 0 Å². The number of methoxy groups -OCH3 is 1.